The second-order valence-electron chi connectivity index (χ2n) is 34.1. The number of alkyl carbamates (subject to hydrolysis) is 2. The van der Waals surface area contributed by atoms with Gasteiger partial charge in [0.15, 0.2) is 18.7 Å². The van der Waals surface area contributed by atoms with Crippen LogP contribution in [0, 0.1) is 11.5 Å². The van der Waals surface area contributed by atoms with Gasteiger partial charge in [-0.3, -0.25) is 9.59 Å². The first-order chi connectivity index (χ1) is 70.1. The molecule has 0 saturated carbocycles. The minimum Gasteiger partial charge on any atom is -0.460 e. The van der Waals surface area contributed by atoms with E-state index in [1.807, 2.05) is 123 Å². The van der Waals surface area contributed by atoms with Crippen LogP contribution >= 0.6 is 0 Å². The summed E-state index contributed by atoms with van der Waals surface area (Å²) in [5.74, 6) is -1.77. The fourth-order valence-corrected chi connectivity index (χ4v) is 11.0. The second kappa shape index (κ2) is 97.4. The molecule has 2 aliphatic rings. The van der Waals surface area contributed by atoms with Gasteiger partial charge in [0, 0.05) is 65.1 Å². The summed E-state index contributed by atoms with van der Waals surface area (Å²) in [5, 5.41) is 50.4. The summed E-state index contributed by atoms with van der Waals surface area (Å²) in [6.45, 7) is 81.7. The van der Waals surface area contributed by atoms with Gasteiger partial charge in [-0.15, -0.1) is 32.9 Å². The molecule has 3 atom stereocenters. The molecule has 0 spiro atoms. The number of ketones is 2. The van der Waals surface area contributed by atoms with Gasteiger partial charge in [-0.2, -0.15) is 5.26 Å². The van der Waals surface area contributed by atoms with E-state index in [0.717, 1.165) is 141 Å². The molecule has 0 aromatic heterocycles. The standard InChI is InChI=1S/C19H29NO2.C18H28N2O.C17H26N2O.C8H16N2O.C8H15NO2.C8H10O4.C7H9NO3.C7H12O3.C6H10O2.C5H12O3Si.C4H8N2O.C4H5NO/c1-6-7-8-9-13-22-18(21)20-19(4,5)17-12-10-11-16(14-17)15(2)3;1-5-7-8-9-13-19-17(21)20-18(3,4)16-12-10-11-15(6-2)14-16;1-6-7-11-18-16(20)19-17(4,5)15-10-8-9-14(12-15)13(2)3;1-3-5-7-10-8(11)9-6-4-2;1-3-5-7-11-8(10)9-6-4-2;1-3-8(11)12-5-7(10)4-6(2)9;1-6(2)7(10)11-4-3-8-5-9;1-5(2)7(8)10-4-6-3-9-6;1-2-3-7-4-6-5-8-6;1-4-9(5-6,7-2)8-3;1-2-3-6-4(5)7;1-2-3-6-4-5/h10-12,14H,2,6-9,13H2,1,3-5H3,(H,20,21);6,10-12,14H,2,5,7-9,13H2,1,3-4H3,(H2,19,20,21);8-10,12H,2,6-7,11H2,1,3-5H3,(H2,18,19,20);4H,2-3,5-7H2,1H3,(H2,9,10,11);4H,2-3,5-7H2,1H3,(H,9,10);3H,1,4-5H2,2H3;1,3-4H2,2H3;6-8H,1,3-4H2,2H3;2,6H,1,3-5H2;4,6H,1,5H2,2-3H3;2H,1,3H2,(H3,5,6,7);2H,1,3H2. The number of isocyanates is 1. The number of aliphatic imine (C=N–C) groups is 1. The highest BCUT2D eigenvalue weighted by molar-refractivity contribution is 6.72. The molecule has 3 aromatic carbocycles. The largest absolute Gasteiger partial charge is 0.460 e. The van der Waals surface area contributed by atoms with E-state index < -0.39 is 55.2 Å². The van der Waals surface area contributed by atoms with Crippen molar-refractivity contribution >= 4 is 91.7 Å². The first-order valence-electron chi connectivity index (χ1n) is 49.3. The number of carbonyl (C=O) groups is 10. The Morgan fingerprint density at radius 3 is 1.38 bits per heavy atom. The van der Waals surface area contributed by atoms with Crippen molar-refractivity contribution in [3.8, 4) is 6.26 Å². The lowest BCUT2D eigenvalue weighted by molar-refractivity contribution is -0.144. The molecule has 36 nitrogen and oxygen atoms in total. The number of allylic oxidation sites excluding steroid dienone is 2. The van der Waals surface area contributed by atoms with Crippen LogP contribution in [0.1, 0.15) is 240 Å². The number of nitrogens with zero attached hydrogens (tertiary/aromatic N) is 2. The Morgan fingerprint density at radius 1 is 0.541 bits per heavy atom. The lowest BCUT2D eigenvalue weighted by Crippen LogP contribution is -2.46. The molecule has 3 aromatic rings. The summed E-state index contributed by atoms with van der Waals surface area (Å²) in [6, 6.07) is 23.4. The van der Waals surface area contributed by atoms with Gasteiger partial charge in [-0.1, -0.05) is 241 Å². The minimum absolute atomic E-state index is 0.0799. The van der Waals surface area contributed by atoms with E-state index in [1.165, 1.54) is 71.7 Å². The molecule has 832 valence electrons. The van der Waals surface area contributed by atoms with Gasteiger partial charge in [0.1, 0.15) is 31.2 Å². The molecule has 2 aliphatic heterocycles. The maximum absolute atomic E-state index is 12.0. The van der Waals surface area contributed by atoms with E-state index in [0.29, 0.717) is 76.5 Å². The van der Waals surface area contributed by atoms with Crippen molar-refractivity contribution in [2.45, 2.75) is 242 Å². The number of epoxide rings is 2. The summed E-state index contributed by atoms with van der Waals surface area (Å²) in [6.07, 6.45) is 27.6. The van der Waals surface area contributed by atoms with Crippen LogP contribution in [-0.2, 0) is 92.1 Å². The topological polar surface area (TPSA) is 507 Å². The predicted molar refractivity (Wildman–Crippen MR) is 594 cm³/mol. The van der Waals surface area contributed by atoms with Crippen LogP contribution in [0.25, 0.3) is 17.2 Å². The number of hydrogen-bond acceptors (Lipinski definition) is 26. The summed E-state index contributed by atoms with van der Waals surface area (Å²) < 4.78 is 52.9. The van der Waals surface area contributed by atoms with Gasteiger partial charge in [0.2, 0.25) is 6.08 Å². The number of Topliss-reactive ketones (excluding diaryl/α,β-unsaturated/α-hetero) is 2. The second-order valence-corrected chi connectivity index (χ2v) is 37.2. The van der Waals surface area contributed by atoms with Gasteiger partial charge >= 0.3 is 56.8 Å². The highest BCUT2D eigenvalue weighted by atomic mass is 28.4. The molecule has 37 heteroatoms. The van der Waals surface area contributed by atoms with Crippen LogP contribution in [-0.4, -0.2) is 235 Å². The van der Waals surface area contributed by atoms with Gasteiger partial charge in [-0.25, -0.2) is 48.1 Å². The zero-order chi connectivity index (χ0) is 114. The number of esters is 2. The maximum atomic E-state index is 12.0. The van der Waals surface area contributed by atoms with Crippen LogP contribution in [0.15, 0.2) is 210 Å². The number of primary amides is 1. The third kappa shape index (κ3) is 94.0. The monoisotopic (exact) mass is 2090 g/mol. The van der Waals surface area contributed by atoms with Crippen LogP contribution in [0.2, 0.25) is 0 Å². The van der Waals surface area contributed by atoms with Gasteiger partial charge < -0.3 is 115 Å². The highest BCUT2D eigenvalue weighted by Crippen LogP contribution is 2.26. The molecule has 10 amide bonds. The van der Waals surface area contributed by atoms with E-state index in [1.54, 1.807) is 43.9 Å². The lowest BCUT2D eigenvalue weighted by Gasteiger charge is -2.27. The molecule has 2 fully saturated rings. The van der Waals surface area contributed by atoms with Crippen molar-refractivity contribution in [3.63, 3.8) is 0 Å². The highest BCUT2D eigenvalue weighted by Gasteiger charge is 2.31. The SMILES string of the molecule is C=C(C)C(=O)OCCN=C=O.C=C(C)C(O)OCC1CO1.C=C(C)c1cccc(C(C)(C)NC(=O)NCCCC)c1.C=C(C)c1cccc(C(C)(C)NC(=O)OCCCCCC)c1.C=CC(=O)OCC(=O)CC(C)=O.C=CCNC(=O)NCCCC.C=CCNC(=O)OCCCC.C=CCNC(N)=O.C=CCOC#N.C=CCOCC1CO1.C=C[Si](CO)(OC)OC.C=Cc1cccc(C(C)(C)NC(=O)NCCCCCC)c1. The van der Waals surface area contributed by atoms with Crippen molar-refractivity contribution in [2.24, 2.45) is 10.7 Å². The third-order valence-electron chi connectivity index (χ3n) is 18.9. The van der Waals surface area contributed by atoms with E-state index in [9.17, 15) is 52.7 Å². The maximum Gasteiger partial charge on any atom is 0.407 e. The summed E-state index contributed by atoms with van der Waals surface area (Å²) in [7, 11) is 0.643. The van der Waals surface area contributed by atoms with Crippen molar-refractivity contribution < 1.29 is 114 Å². The molecule has 3 unspecified atom stereocenters. The zero-order valence-electron chi connectivity index (χ0n) is 91.9. The number of benzene rings is 3. The van der Waals surface area contributed by atoms with Crippen molar-refractivity contribution in [3.05, 3.63) is 238 Å². The molecular formula is C111H180N12O24Si. The summed E-state index contributed by atoms with van der Waals surface area (Å²) >= 11 is 0. The average molecular weight is 2090 g/mol. The molecule has 2 heterocycles. The summed E-state index contributed by atoms with van der Waals surface area (Å²) in [5.41, 5.74) is 14.3. The Morgan fingerprint density at radius 2 is 0.986 bits per heavy atom. The van der Waals surface area contributed by atoms with E-state index >= 15 is 0 Å². The fourth-order valence-electron chi connectivity index (χ4n) is 10.1. The molecule has 0 bridgehead atoms. The molecule has 2 saturated heterocycles. The number of nitrogens with one attached hydrogen (secondary N) is 9. The number of nitriles is 1. The van der Waals surface area contributed by atoms with Crippen LogP contribution in [0.4, 0.5) is 28.8 Å². The number of hydrogen-bond donors (Lipinski definition) is 12. The number of amides is 10. The average Bonchev–Trinajstić information content (AvgIpc) is 1.75. The Kier molecular flexibility index (Phi) is 97.4. The van der Waals surface area contributed by atoms with E-state index in [4.69, 9.17) is 52.7 Å². The Labute approximate surface area is 884 Å². The molecular weight excluding hydrogens is 1910 g/mol. The quantitative estimate of drug-likeness (QED) is 0.00203. The molecule has 148 heavy (non-hydrogen) atoms. The normalized spacial score (nSPS) is 11.7. The van der Waals surface area contributed by atoms with Crippen LogP contribution < -0.4 is 53.6 Å². The number of aliphatic hydroxyl groups excluding tert-OH is 2. The van der Waals surface area contributed by atoms with Crippen LogP contribution in [0.3, 0.4) is 0 Å². The number of unbranched alkanes of at least 4 members (excludes halogenated alkanes) is 9. The van der Waals surface area contributed by atoms with Crippen molar-refractivity contribution in [2.75, 3.05) is 132 Å². The molecule has 5 rings (SSSR count). The molecule has 0 aliphatic carbocycles. The lowest BCUT2D eigenvalue weighted by atomic mass is 9.92. The number of carbonyl (C=O) groups excluding carboxylic acids is 11. The molecule has 13 N–H and O–H groups in total. The van der Waals surface area contributed by atoms with Crippen molar-refractivity contribution in [1.29, 1.82) is 5.26 Å². The van der Waals surface area contributed by atoms with Crippen LogP contribution in [0.5, 0.6) is 0 Å². The Bertz CT molecular complexity index is 4380. The number of aliphatic hydroxyl groups is 2. The third-order valence-corrected chi connectivity index (χ3v) is 21.4. The smallest absolute Gasteiger partial charge is 0.407 e. The van der Waals surface area contributed by atoms with E-state index in [2.05, 4.69) is 198 Å². The van der Waals surface area contributed by atoms with Crippen molar-refractivity contribution in [1.82, 2.24) is 47.9 Å². The first kappa shape index (κ1) is 148. The Balaban J connectivity index is -0.000000299. The number of ether oxygens (including phenoxy) is 9. The number of rotatable bonds is 57. The number of urea groups is 4. The van der Waals surface area contributed by atoms with Gasteiger partial charge in [-0.05, 0) is 171 Å². The van der Waals surface area contributed by atoms with Gasteiger partial charge in [0.25, 0.3) is 6.26 Å². The van der Waals surface area contributed by atoms with Gasteiger partial charge in [0.05, 0.1) is 82.1 Å². The minimum atomic E-state index is -2.37. The molecule has 0 radical (unpaired) electrons. The predicted octanol–water partition coefficient (Wildman–Crippen LogP) is 18.8. The Hall–Kier alpha value is -13.0. The fraction of sp³-hybridized carbons (Fsp3) is 0.514. The zero-order valence-corrected chi connectivity index (χ0v) is 92.9. The first-order valence-corrected chi connectivity index (χ1v) is 51.4. The van der Waals surface area contributed by atoms with E-state index in [-0.39, 0.29) is 74.6 Å². The number of nitrogens with two attached hydrogens (primary N) is 1. The summed E-state index contributed by atoms with van der Waals surface area (Å²) in [4.78, 5) is 122.